The van der Waals surface area contributed by atoms with Crippen molar-refractivity contribution in [2.45, 2.75) is 32.1 Å². The maximum Gasteiger partial charge on any atom is 0.310 e. The Morgan fingerprint density at radius 2 is 2.15 bits per heavy atom. The van der Waals surface area contributed by atoms with Gasteiger partial charge in [-0.15, -0.1) is 0 Å². The summed E-state index contributed by atoms with van der Waals surface area (Å²) in [6.07, 6.45) is 9.10. The predicted molar refractivity (Wildman–Crippen MR) is 50.4 cm³/mol. The minimum absolute atomic E-state index is 0.186. The molecule has 0 aliphatic heterocycles. The van der Waals surface area contributed by atoms with E-state index < -0.39 is 5.97 Å². The Morgan fingerprint density at radius 3 is 2.92 bits per heavy atom. The van der Waals surface area contributed by atoms with Crippen molar-refractivity contribution < 1.29 is 9.90 Å². The summed E-state index contributed by atoms with van der Waals surface area (Å²) in [6.45, 7) is 0. The van der Waals surface area contributed by atoms with E-state index in [4.69, 9.17) is 5.11 Å². The SMILES string of the molecule is O=C(O)C1CCCC2=C1CC=CC2. The zero-order valence-corrected chi connectivity index (χ0v) is 7.62. The van der Waals surface area contributed by atoms with Crippen LogP contribution >= 0.6 is 0 Å². The Morgan fingerprint density at radius 1 is 1.38 bits per heavy atom. The van der Waals surface area contributed by atoms with Crippen molar-refractivity contribution in [3.05, 3.63) is 23.3 Å². The van der Waals surface area contributed by atoms with E-state index in [9.17, 15) is 4.79 Å². The Hall–Kier alpha value is -1.05. The van der Waals surface area contributed by atoms with Gasteiger partial charge >= 0.3 is 5.97 Å². The van der Waals surface area contributed by atoms with Gasteiger partial charge < -0.3 is 5.11 Å². The second-order valence-corrected chi connectivity index (χ2v) is 3.79. The number of carboxylic acid groups (broad SMARTS) is 1. The van der Waals surface area contributed by atoms with Gasteiger partial charge in [-0.3, -0.25) is 4.79 Å². The Balaban J connectivity index is 2.26. The van der Waals surface area contributed by atoms with Crippen LogP contribution in [0.1, 0.15) is 32.1 Å². The van der Waals surface area contributed by atoms with Crippen LogP contribution < -0.4 is 0 Å². The van der Waals surface area contributed by atoms with Crippen LogP contribution in [0.25, 0.3) is 0 Å². The van der Waals surface area contributed by atoms with Crippen molar-refractivity contribution in [1.29, 1.82) is 0 Å². The van der Waals surface area contributed by atoms with E-state index in [0.29, 0.717) is 0 Å². The molecule has 0 fully saturated rings. The van der Waals surface area contributed by atoms with Gasteiger partial charge in [-0.25, -0.2) is 0 Å². The lowest BCUT2D eigenvalue weighted by Gasteiger charge is -2.27. The molecule has 0 aromatic rings. The highest BCUT2D eigenvalue weighted by molar-refractivity contribution is 5.74. The molecule has 13 heavy (non-hydrogen) atoms. The fourth-order valence-corrected chi connectivity index (χ4v) is 2.33. The molecular weight excluding hydrogens is 164 g/mol. The quantitative estimate of drug-likeness (QED) is 0.626. The highest BCUT2D eigenvalue weighted by Crippen LogP contribution is 2.36. The minimum Gasteiger partial charge on any atom is -0.481 e. The molecule has 2 nitrogen and oxygen atoms in total. The first-order valence-electron chi connectivity index (χ1n) is 4.87. The molecule has 2 aliphatic rings. The summed E-state index contributed by atoms with van der Waals surface area (Å²) < 4.78 is 0. The molecule has 0 radical (unpaired) electrons. The molecule has 0 amide bonds. The maximum atomic E-state index is 11.0. The van der Waals surface area contributed by atoms with Gasteiger partial charge in [-0.05, 0) is 32.1 Å². The lowest BCUT2D eigenvalue weighted by molar-refractivity contribution is -0.140. The average Bonchev–Trinajstić information content (AvgIpc) is 2.17. The van der Waals surface area contributed by atoms with Gasteiger partial charge in [-0.1, -0.05) is 23.3 Å². The van der Waals surface area contributed by atoms with Gasteiger partial charge in [0, 0.05) is 0 Å². The van der Waals surface area contributed by atoms with Crippen molar-refractivity contribution in [3.63, 3.8) is 0 Å². The van der Waals surface area contributed by atoms with E-state index in [1.165, 1.54) is 11.1 Å². The van der Waals surface area contributed by atoms with Crippen LogP contribution in [0.2, 0.25) is 0 Å². The third-order valence-corrected chi connectivity index (χ3v) is 3.01. The van der Waals surface area contributed by atoms with E-state index in [-0.39, 0.29) is 5.92 Å². The maximum absolute atomic E-state index is 11.0. The molecule has 1 N–H and O–H groups in total. The first-order valence-corrected chi connectivity index (χ1v) is 4.87. The van der Waals surface area contributed by atoms with Crippen LogP contribution in [0.4, 0.5) is 0 Å². The molecular formula is C11H14O2. The fraction of sp³-hybridized carbons (Fsp3) is 0.545. The second-order valence-electron chi connectivity index (χ2n) is 3.79. The Labute approximate surface area is 78.0 Å². The number of rotatable bonds is 1. The van der Waals surface area contributed by atoms with Crippen molar-refractivity contribution in [2.75, 3.05) is 0 Å². The molecule has 0 heterocycles. The van der Waals surface area contributed by atoms with Crippen molar-refractivity contribution in [3.8, 4) is 0 Å². The molecule has 0 aromatic heterocycles. The van der Waals surface area contributed by atoms with Crippen LogP contribution in [0.5, 0.6) is 0 Å². The zero-order chi connectivity index (χ0) is 9.26. The smallest absolute Gasteiger partial charge is 0.310 e. The van der Waals surface area contributed by atoms with E-state index in [1.54, 1.807) is 0 Å². The van der Waals surface area contributed by atoms with Crippen molar-refractivity contribution >= 4 is 5.97 Å². The molecule has 0 aromatic carbocycles. The highest BCUT2D eigenvalue weighted by atomic mass is 16.4. The molecule has 2 rings (SSSR count). The predicted octanol–water partition coefficient (Wildman–Crippen LogP) is 2.52. The van der Waals surface area contributed by atoms with E-state index >= 15 is 0 Å². The molecule has 0 spiro atoms. The summed E-state index contributed by atoms with van der Waals surface area (Å²) in [5, 5.41) is 9.02. The lowest BCUT2D eigenvalue weighted by Crippen LogP contribution is -2.21. The molecule has 0 saturated heterocycles. The molecule has 0 bridgehead atoms. The molecule has 1 unspecified atom stereocenters. The number of hydrogen-bond donors (Lipinski definition) is 1. The number of hydrogen-bond acceptors (Lipinski definition) is 1. The number of allylic oxidation sites excluding steroid dienone is 3. The molecule has 0 saturated carbocycles. The summed E-state index contributed by atoms with van der Waals surface area (Å²) in [4.78, 5) is 11.0. The summed E-state index contributed by atoms with van der Waals surface area (Å²) in [5.74, 6) is -0.823. The summed E-state index contributed by atoms with van der Waals surface area (Å²) in [6, 6.07) is 0. The third-order valence-electron chi connectivity index (χ3n) is 3.01. The van der Waals surface area contributed by atoms with Gasteiger partial charge in [0.1, 0.15) is 0 Å². The second kappa shape index (κ2) is 3.36. The zero-order valence-electron chi connectivity index (χ0n) is 7.62. The summed E-state index contributed by atoms with van der Waals surface area (Å²) >= 11 is 0. The van der Waals surface area contributed by atoms with Crippen molar-refractivity contribution in [1.82, 2.24) is 0 Å². The van der Waals surface area contributed by atoms with Crippen LogP contribution in [-0.2, 0) is 4.79 Å². The largest absolute Gasteiger partial charge is 0.481 e. The third kappa shape index (κ3) is 1.53. The van der Waals surface area contributed by atoms with Crippen LogP contribution in [-0.4, -0.2) is 11.1 Å². The number of carboxylic acids is 1. The molecule has 1 atom stereocenters. The lowest BCUT2D eigenvalue weighted by atomic mass is 9.78. The average molecular weight is 178 g/mol. The van der Waals surface area contributed by atoms with Crippen LogP contribution in [0, 0.1) is 5.92 Å². The van der Waals surface area contributed by atoms with Crippen LogP contribution in [0.3, 0.4) is 0 Å². The highest BCUT2D eigenvalue weighted by Gasteiger charge is 2.28. The Kier molecular flexibility index (Phi) is 2.21. The van der Waals surface area contributed by atoms with Gasteiger partial charge in [-0.2, -0.15) is 0 Å². The molecule has 2 heteroatoms. The van der Waals surface area contributed by atoms with Crippen molar-refractivity contribution in [2.24, 2.45) is 5.92 Å². The first kappa shape index (κ1) is 8.54. The number of carbonyl (C=O) groups is 1. The minimum atomic E-state index is -0.637. The van der Waals surface area contributed by atoms with Crippen LogP contribution in [0.15, 0.2) is 23.3 Å². The normalized spacial score (nSPS) is 27.2. The molecule has 70 valence electrons. The number of aliphatic carboxylic acids is 1. The summed E-state index contributed by atoms with van der Waals surface area (Å²) in [7, 11) is 0. The van der Waals surface area contributed by atoms with E-state index in [1.807, 2.05) is 0 Å². The topological polar surface area (TPSA) is 37.3 Å². The Bertz CT molecular complexity index is 286. The molecule has 2 aliphatic carbocycles. The monoisotopic (exact) mass is 178 g/mol. The standard InChI is InChI=1S/C11H14O2/c12-11(13)10-7-3-5-8-4-1-2-6-9(8)10/h1-2,10H,3-7H2,(H,12,13). The van der Waals surface area contributed by atoms with Gasteiger partial charge in [0.25, 0.3) is 0 Å². The van der Waals surface area contributed by atoms with E-state index in [0.717, 1.165) is 32.1 Å². The summed E-state index contributed by atoms with van der Waals surface area (Å²) in [5.41, 5.74) is 2.59. The van der Waals surface area contributed by atoms with Gasteiger partial charge in [0.2, 0.25) is 0 Å². The van der Waals surface area contributed by atoms with Gasteiger partial charge in [0.05, 0.1) is 5.92 Å². The van der Waals surface area contributed by atoms with Gasteiger partial charge in [0.15, 0.2) is 0 Å². The fourth-order valence-electron chi connectivity index (χ4n) is 2.33. The first-order chi connectivity index (χ1) is 6.29. The van der Waals surface area contributed by atoms with E-state index in [2.05, 4.69) is 12.2 Å².